The quantitative estimate of drug-likeness (QED) is 0.642. The molecular weight excluding hydrogens is 168 g/mol. The Hall–Kier alpha value is -1.22. The van der Waals surface area contributed by atoms with Crippen molar-refractivity contribution < 1.29 is 0 Å². The monoisotopic (exact) mass is 176 g/mol. The first-order valence-corrected chi connectivity index (χ1v) is 4.09. The van der Waals surface area contributed by atoms with Gasteiger partial charge < -0.3 is 0 Å². The maximum absolute atomic E-state index is 4.25. The number of hydrogen-bond donors (Lipinski definition) is 2. The lowest BCUT2D eigenvalue weighted by Crippen LogP contribution is -1.72. The largest absolute Gasteiger partial charge is 0.285 e. The number of thiol groups is 1. The van der Waals surface area contributed by atoms with Crippen molar-refractivity contribution in [3.05, 3.63) is 36.7 Å². The number of rotatable bonds is 1. The van der Waals surface area contributed by atoms with Crippen LogP contribution in [0, 0.1) is 0 Å². The van der Waals surface area contributed by atoms with E-state index in [0.29, 0.717) is 0 Å². The van der Waals surface area contributed by atoms with Crippen LogP contribution >= 0.6 is 12.6 Å². The van der Waals surface area contributed by atoms with Crippen LogP contribution in [0.25, 0.3) is 11.1 Å². The van der Waals surface area contributed by atoms with E-state index < -0.39 is 0 Å². The van der Waals surface area contributed by atoms with Crippen molar-refractivity contribution in [2.45, 2.75) is 4.90 Å². The molecule has 12 heavy (non-hydrogen) atoms. The van der Waals surface area contributed by atoms with Gasteiger partial charge in [0.25, 0.3) is 0 Å². The molecule has 1 aromatic heterocycles. The van der Waals surface area contributed by atoms with Crippen LogP contribution in [-0.2, 0) is 0 Å². The minimum Gasteiger partial charge on any atom is -0.285 e. The molecular formula is C9H8N2S. The summed E-state index contributed by atoms with van der Waals surface area (Å²) in [6.45, 7) is 0. The van der Waals surface area contributed by atoms with Crippen LogP contribution in [0.4, 0.5) is 0 Å². The number of aromatic nitrogens is 2. The van der Waals surface area contributed by atoms with Crippen molar-refractivity contribution in [1.29, 1.82) is 0 Å². The van der Waals surface area contributed by atoms with E-state index in [0.717, 1.165) is 16.0 Å². The van der Waals surface area contributed by atoms with Gasteiger partial charge in [-0.25, -0.2) is 0 Å². The number of H-pyrrole nitrogens is 1. The topological polar surface area (TPSA) is 28.7 Å². The SMILES string of the molecule is Sc1cccc(-c2cn[nH]c2)c1. The van der Waals surface area contributed by atoms with Crippen molar-refractivity contribution in [3.63, 3.8) is 0 Å². The second kappa shape index (κ2) is 3.03. The maximum Gasteiger partial charge on any atom is 0.0565 e. The molecule has 2 aromatic rings. The second-order valence-corrected chi connectivity index (χ2v) is 3.05. The van der Waals surface area contributed by atoms with Gasteiger partial charge >= 0.3 is 0 Å². The first kappa shape index (κ1) is 7.43. The standard InChI is InChI=1S/C9H8N2S/c12-9-3-1-2-7(4-9)8-5-10-11-6-8/h1-6,12H,(H,10,11). The molecule has 1 heterocycles. The fourth-order valence-corrected chi connectivity index (χ4v) is 1.32. The van der Waals surface area contributed by atoms with Gasteiger partial charge in [0.1, 0.15) is 0 Å². The van der Waals surface area contributed by atoms with Crippen LogP contribution in [0.2, 0.25) is 0 Å². The summed E-state index contributed by atoms with van der Waals surface area (Å²) in [4.78, 5) is 0.966. The van der Waals surface area contributed by atoms with Gasteiger partial charge in [-0.1, -0.05) is 12.1 Å². The Morgan fingerprint density at radius 1 is 1.25 bits per heavy atom. The molecule has 0 aliphatic rings. The van der Waals surface area contributed by atoms with E-state index in [2.05, 4.69) is 22.8 Å². The predicted octanol–water partition coefficient (Wildman–Crippen LogP) is 2.37. The molecule has 0 amide bonds. The number of hydrogen-bond acceptors (Lipinski definition) is 2. The lowest BCUT2D eigenvalue weighted by molar-refractivity contribution is 1.09. The summed E-state index contributed by atoms with van der Waals surface area (Å²) >= 11 is 4.25. The average Bonchev–Trinajstić information content (AvgIpc) is 2.56. The molecule has 0 spiro atoms. The molecule has 0 unspecified atom stereocenters. The van der Waals surface area contributed by atoms with Gasteiger partial charge in [-0.3, -0.25) is 5.10 Å². The second-order valence-electron chi connectivity index (χ2n) is 2.54. The zero-order valence-electron chi connectivity index (χ0n) is 6.36. The van der Waals surface area contributed by atoms with Gasteiger partial charge in [-0.05, 0) is 17.7 Å². The smallest absolute Gasteiger partial charge is 0.0565 e. The average molecular weight is 176 g/mol. The number of aromatic amines is 1. The lowest BCUT2D eigenvalue weighted by Gasteiger charge is -1.96. The van der Waals surface area contributed by atoms with E-state index in [1.54, 1.807) is 6.20 Å². The molecule has 2 rings (SSSR count). The van der Waals surface area contributed by atoms with Crippen LogP contribution in [-0.4, -0.2) is 10.2 Å². The summed E-state index contributed by atoms with van der Waals surface area (Å²) in [5.41, 5.74) is 2.22. The van der Waals surface area contributed by atoms with Crippen LogP contribution in [0.5, 0.6) is 0 Å². The summed E-state index contributed by atoms with van der Waals surface area (Å²) in [5, 5.41) is 6.65. The van der Waals surface area contributed by atoms with Gasteiger partial charge in [0.05, 0.1) is 6.20 Å². The Morgan fingerprint density at radius 3 is 2.83 bits per heavy atom. The minimum atomic E-state index is 0.966. The highest BCUT2D eigenvalue weighted by Gasteiger charge is 1.97. The van der Waals surface area contributed by atoms with Crippen molar-refractivity contribution >= 4 is 12.6 Å². The van der Waals surface area contributed by atoms with Crippen LogP contribution in [0.3, 0.4) is 0 Å². The molecule has 0 atom stereocenters. The van der Waals surface area contributed by atoms with E-state index in [1.807, 2.05) is 30.5 Å². The first-order valence-electron chi connectivity index (χ1n) is 3.64. The summed E-state index contributed by atoms with van der Waals surface area (Å²) in [6.07, 6.45) is 3.66. The van der Waals surface area contributed by atoms with Gasteiger partial charge in [0.15, 0.2) is 0 Å². The third kappa shape index (κ3) is 1.36. The lowest BCUT2D eigenvalue weighted by atomic mass is 10.1. The third-order valence-corrected chi connectivity index (χ3v) is 1.96. The minimum absolute atomic E-state index is 0.966. The first-order chi connectivity index (χ1) is 5.86. The normalized spacial score (nSPS) is 10.1. The summed E-state index contributed by atoms with van der Waals surface area (Å²) in [5.74, 6) is 0. The van der Waals surface area contributed by atoms with Gasteiger partial charge in [0.2, 0.25) is 0 Å². The van der Waals surface area contributed by atoms with Gasteiger partial charge in [-0.15, -0.1) is 12.6 Å². The molecule has 1 N–H and O–H groups in total. The third-order valence-electron chi connectivity index (χ3n) is 1.68. The van der Waals surface area contributed by atoms with Crippen molar-refractivity contribution in [2.75, 3.05) is 0 Å². The Kier molecular flexibility index (Phi) is 1.87. The van der Waals surface area contributed by atoms with Crippen LogP contribution in [0.1, 0.15) is 0 Å². The van der Waals surface area contributed by atoms with E-state index in [-0.39, 0.29) is 0 Å². The number of benzene rings is 1. The number of nitrogens with one attached hydrogen (secondary N) is 1. The maximum atomic E-state index is 4.25. The number of nitrogens with zero attached hydrogens (tertiary/aromatic N) is 1. The molecule has 0 saturated carbocycles. The molecule has 0 aliphatic carbocycles. The summed E-state index contributed by atoms with van der Waals surface area (Å²) < 4.78 is 0. The predicted molar refractivity (Wildman–Crippen MR) is 51.3 cm³/mol. The molecule has 0 saturated heterocycles. The Bertz CT molecular complexity index is 368. The van der Waals surface area contributed by atoms with Crippen molar-refractivity contribution in [3.8, 4) is 11.1 Å². The van der Waals surface area contributed by atoms with Crippen LogP contribution in [0.15, 0.2) is 41.6 Å². The zero-order valence-corrected chi connectivity index (χ0v) is 7.25. The molecule has 0 fully saturated rings. The highest BCUT2D eigenvalue weighted by atomic mass is 32.1. The van der Waals surface area contributed by atoms with E-state index in [9.17, 15) is 0 Å². The highest BCUT2D eigenvalue weighted by molar-refractivity contribution is 7.80. The Morgan fingerprint density at radius 2 is 2.17 bits per heavy atom. The Labute approximate surface area is 76.0 Å². The molecule has 0 aliphatic heterocycles. The Balaban J connectivity index is 2.48. The van der Waals surface area contributed by atoms with Crippen molar-refractivity contribution in [1.82, 2.24) is 10.2 Å². The van der Waals surface area contributed by atoms with Gasteiger partial charge in [-0.2, -0.15) is 5.10 Å². The molecule has 0 bridgehead atoms. The molecule has 1 aromatic carbocycles. The summed E-state index contributed by atoms with van der Waals surface area (Å²) in [7, 11) is 0. The van der Waals surface area contributed by atoms with Crippen molar-refractivity contribution in [2.24, 2.45) is 0 Å². The molecule has 3 heteroatoms. The molecule has 2 nitrogen and oxygen atoms in total. The van der Waals surface area contributed by atoms with Gasteiger partial charge in [0, 0.05) is 16.7 Å². The fraction of sp³-hybridized carbons (Fsp3) is 0. The summed E-state index contributed by atoms with van der Waals surface area (Å²) in [6, 6.07) is 7.97. The molecule has 0 radical (unpaired) electrons. The van der Waals surface area contributed by atoms with Crippen LogP contribution < -0.4 is 0 Å². The molecule has 60 valence electrons. The fourth-order valence-electron chi connectivity index (χ4n) is 1.09. The van der Waals surface area contributed by atoms with E-state index in [4.69, 9.17) is 0 Å². The van der Waals surface area contributed by atoms with E-state index >= 15 is 0 Å². The van der Waals surface area contributed by atoms with E-state index in [1.165, 1.54) is 0 Å². The highest BCUT2D eigenvalue weighted by Crippen LogP contribution is 2.19. The zero-order chi connectivity index (χ0) is 8.39.